The summed E-state index contributed by atoms with van der Waals surface area (Å²) in [6, 6.07) is 18.2. The van der Waals surface area contributed by atoms with Gasteiger partial charge in [-0.05, 0) is 24.3 Å². The van der Waals surface area contributed by atoms with Crippen molar-refractivity contribution in [3.8, 4) is 0 Å². The average molecular weight is 301 g/mol. The van der Waals surface area contributed by atoms with Crippen molar-refractivity contribution in [2.45, 2.75) is 0 Å². The van der Waals surface area contributed by atoms with Gasteiger partial charge in [-0.3, -0.25) is 19.1 Å². The number of carbonyl (C=O) groups excluding carboxylic acids is 1. The Morgan fingerprint density at radius 3 is 2.33 bits per heavy atom. The van der Waals surface area contributed by atoms with Gasteiger partial charge >= 0.3 is 7.59 Å². The molecule has 0 saturated carbocycles. The average Bonchev–Trinajstić information content (AvgIpc) is 2.90. The second-order valence-electron chi connectivity index (χ2n) is 4.75. The molecule has 2 N–H and O–H groups in total. The molecule has 2 aromatic rings. The molecule has 3 rings (SSSR count). The Hall–Kier alpha value is -2.10. The summed E-state index contributed by atoms with van der Waals surface area (Å²) in [5.74, 6) is -0.339. The third-order valence-electron chi connectivity index (χ3n) is 3.33. The standard InChI is InChI=1S/C15H16N3O2P/c19-15(13-7-3-1-4-8-13)17-21(20)16-11-12-18(21)14-9-5-2-6-10-14/h1-10H,11-12H2,(H2,16,17,19,20). The van der Waals surface area contributed by atoms with E-state index in [0.717, 1.165) is 5.69 Å². The van der Waals surface area contributed by atoms with Crippen molar-refractivity contribution in [2.24, 2.45) is 0 Å². The molecule has 108 valence electrons. The second-order valence-corrected chi connectivity index (χ2v) is 6.92. The maximum absolute atomic E-state index is 13.0. The Bertz CT molecular complexity index is 676. The largest absolute Gasteiger partial charge is 0.333 e. The molecule has 1 atom stereocenters. The van der Waals surface area contributed by atoms with E-state index in [2.05, 4.69) is 10.2 Å². The molecule has 0 bridgehead atoms. The van der Waals surface area contributed by atoms with E-state index in [1.54, 1.807) is 28.9 Å². The summed E-state index contributed by atoms with van der Waals surface area (Å²) in [6.07, 6.45) is 0. The Morgan fingerprint density at radius 1 is 1.05 bits per heavy atom. The van der Waals surface area contributed by atoms with E-state index in [4.69, 9.17) is 0 Å². The molecule has 1 aliphatic rings. The number of nitrogens with zero attached hydrogens (tertiary/aromatic N) is 1. The lowest BCUT2D eigenvalue weighted by molar-refractivity contribution is 0.0980. The molecule has 0 spiro atoms. The van der Waals surface area contributed by atoms with Crippen LogP contribution in [0.4, 0.5) is 5.69 Å². The highest BCUT2D eigenvalue weighted by molar-refractivity contribution is 7.62. The monoisotopic (exact) mass is 301 g/mol. The first-order valence-electron chi connectivity index (χ1n) is 6.75. The summed E-state index contributed by atoms with van der Waals surface area (Å²) in [6.45, 7) is 1.16. The lowest BCUT2D eigenvalue weighted by Gasteiger charge is -2.26. The number of hydrogen-bond donors (Lipinski definition) is 2. The number of carbonyl (C=O) groups is 1. The Balaban J connectivity index is 1.83. The molecule has 1 heterocycles. The Labute approximate surface area is 123 Å². The zero-order valence-electron chi connectivity index (χ0n) is 11.4. The fourth-order valence-corrected chi connectivity index (χ4v) is 4.34. The van der Waals surface area contributed by atoms with E-state index >= 15 is 0 Å². The fourth-order valence-electron chi connectivity index (χ4n) is 2.32. The SMILES string of the molecule is O=C(NP1(=O)NCCN1c1ccccc1)c1ccccc1. The first-order chi connectivity index (χ1) is 10.2. The number of benzene rings is 2. The van der Waals surface area contributed by atoms with E-state index in [1.165, 1.54) is 0 Å². The first kappa shape index (κ1) is 13.9. The minimum absolute atomic E-state index is 0.339. The van der Waals surface area contributed by atoms with Gasteiger partial charge in [-0.1, -0.05) is 36.4 Å². The zero-order chi connectivity index (χ0) is 14.7. The molecule has 1 aliphatic heterocycles. The summed E-state index contributed by atoms with van der Waals surface area (Å²) in [5, 5.41) is 5.58. The maximum atomic E-state index is 13.0. The van der Waals surface area contributed by atoms with E-state index in [1.807, 2.05) is 36.4 Å². The lowest BCUT2D eigenvalue weighted by atomic mass is 10.2. The van der Waals surface area contributed by atoms with Gasteiger partial charge < -0.3 is 0 Å². The van der Waals surface area contributed by atoms with Gasteiger partial charge in [0.1, 0.15) is 0 Å². The van der Waals surface area contributed by atoms with Crippen molar-refractivity contribution in [3.05, 3.63) is 66.2 Å². The van der Waals surface area contributed by atoms with Crippen LogP contribution in [0.5, 0.6) is 0 Å². The second kappa shape index (κ2) is 5.72. The first-order valence-corrected chi connectivity index (χ1v) is 8.41. The molecule has 0 aliphatic carbocycles. The van der Waals surface area contributed by atoms with Crippen molar-refractivity contribution in [3.63, 3.8) is 0 Å². The molecule has 21 heavy (non-hydrogen) atoms. The Kier molecular flexibility index (Phi) is 3.78. The predicted molar refractivity (Wildman–Crippen MR) is 83.3 cm³/mol. The molecule has 0 aromatic heterocycles. The summed E-state index contributed by atoms with van der Waals surface area (Å²) in [7, 11) is -3.14. The van der Waals surface area contributed by atoms with Gasteiger partial charge in [-0.15, -0.1) is 0 Å². The van der Waals surface area contributed by atoms with Crippen molar-refractivity contribution < 1.29 is 9.36 Å². The van der Waals surface area contributed by atoms with E-state index in [0.29, 0.717) is 18.7 Å². The van der Waals surface area contributed by atoms with Crippen LogP contribution in [0.1, 0.15) is 10.4 Å². The highest BCUT2D eigenvalue weighted by Crippen LogP contribution is 2.47. The van der Waals surface area contributed by atoms with E-state index in [9.17, 15) is 9.36 Å². The van der Waals surface area contributed by atoms with Crippen LogP contribution in [0.25, 0.3) is 0 Å². The molecule has 0 radical (unpaired) electrons. The number of para-hydroxylation sites is 1. The molecule has 6 heteroatoms. The molecule has 1 amide bonds. The number of anilines is 1. The van der Waals surface area contributed by atoms with Gasteiger partial charge in [-0.25, -0.2) is 5.09 Å². The highest BCUT2D eigenvalue weighted by atomic mass is 31.2. The molecule has 2 aromatic carbocycles. The summed E-state index contributed by atoms with van der Waals surface area (Å²) < 4.78 is 14.7. The van der Waals surface area contributed by atoms with Crippen LogP contribution in [0.2, 0.25) is 0 Å². The normalized spacial score (nSPS) is 21.2. The van der Waals surface area contributed by atoms with Crippen LogP contribution in [0.15, 0.2) is 60.7 Å². The topological polar surface area (TPSA) is 61.4 Å². The highest BCUT2D eigenvalue weighted by Gasteiger charge is 2.37. The minimum atomic E-state index is -3.14. The number of hydrogen-bond acceptors (Lipinski definition) is 2. The van der Waals surface area contributed by atoms with Gasteiger partial charge in [0, 0.05) is 24.3 Å². The van der Waals surface area contributed by atoms with Crippen LogP contribution in [0, 0.1) is 0 Å². The quantitative estimate of drug-likeness (QED) is 0.856. The molecule has 5 nitrogen and oxygen atoms in total. The third kappa shape index (κ3) is 2.84. The molecular weight excluding hydrogens is 285 g/mol. The minimum Gasteiger partial charge on any atom is -0.294 e. The van der Waals surface area contributed by atoms with Gasteiger partial charge in [0.15, 0.2) is 0 Å². The van der Waals surface area contributed by atoms with Crippen LogP contribution in [-0.4, -0.2) is 19.0 Å². The molecule has 1 fully saturated rings. The van der Waals surface area contributed by atoms with Crippen LogP contribution < -0.4 is 14.8 Å². The van der Waals surface area contributed by atoms with Gasteiger partial charge in [-0.2, -0.15) is 0 Å². The smallest absolute Gasteiger partial charge is 0.294 e. The molecular formula is C15H16N3O2P. The van der Waals surface area contributed by atoms with Crippen molar-refractivity contribution in [1.29, 1.82) is 0 Å². The third-order valence-corrected chi connectivity index (χ3v) is 5.60. The van der Waals surface area contributed by atoms with Crippen LogP contribution >= 0.6 is 7.59 Å². The number of nitrogens with one attached hydrogen (secondary N) is 2. The van der Waals surface area contributed by atoms with E-state index < -0.39 is 7.59 Å². The van der Waals surface area contributed by atoms with Gasteiger partial charge in [0.2, 0.25) is 0 Å². The molecule has 1 saturated heterocycles. The maximum Gasteiger partial charge on any atom is 0.333 e. The van der Waals surface area contributed by atoms with Gasteiger partial charge in [0.05, 0.1) is 0 Å². The van der Waals surface area contributed by atoms with E-state index in [-0.39, 0.29) is 5.91 Å². The van der Waals surface area contributed by atoms with Crippen molar-refractivity contribution >= 4 is 19.2 Å². The number of rotatable bonds is 3. The summed E-state index contributed by atoms with van der Waals surface area (Å²) in [4.78, 5) is 12.2. The Morgan fingerprint density at radius 2 is 1.67 bits per heavy atom. The lowest BCUT2D eigenvalue weighted by Crippen LogP contribution is -2.31. The van der Waals surface area contributed by atoms with Gasteiger partial charge in [0.25, 0.3) is 5.91 Å². The van der Waals surface area contributed by atoms with Crippen molar-refractivity contribution in [1.82, 2.24) is 10.2 Å². The zero-order valence-corrected chi connectivity index (χ0v) is 12.3. The van der Waals surface area contributed by atoms with Crippen LogP contribution in [-0.2, 0) is 4.57 Å². The molecule has 1 unspecified atom stereocenters. The summed E-state index contributed by atoms with van der Waals surface area (Å²) in [5.41, 5.74) is 1.33. The number of amides is 1. The van der Waals surface area contributed by atoms with Crippen LogP contribution in [0.3, 0.4) is 0 Å². The fraction of sp³-hybridized carbons (Fsp3) is 0.133. The summed E-state index contributed by atoms with van der Waals surface area (Å²) >= 11 is 0. The van der Waals surface area contributed by atoms with Crippen molar-refractivity contribution in [2.75, 3.05) is 17.8 Å². The predicted octanol–water partition coefficient (Wildman–Crippen LogP) is 2.63.